The molecule has 0 aliphatic heterocycles. The maximum absolute atomic E-state index is 13.5. The number of halogens is 2. The third-order valence-electron chi connectivity index (χ3n) is 3.33. The zero-order valence-electron chi connectivity index (χ0n) is 13.9. The van der Waals surface area contributed by atoms with Gasteiger partial charge in [-0.3, -0.25) is 4.79 Å². The molecule has 2 rings (SSSR count). The molecule has 0 heterocycles. The zero-order chi connectivity index (χ0) is 18.4. The summed E-state index contributed by atoms with van der Waals surface area (Å²) in [7, 11) is 4.42. The molecule has 0 saturated heterocycles. The Morgan fingerprint density at radius 3 is 2.04 bits per heavy atom. The molecule has 2 aromatic carbocycles. The molecule has 132 valence electrons. The smallest absolute Gasteiger partial charge is 0.248 e. The highest BCUT2D eigenvalue weighted by Gasteiger charge is 2.13. The van der Waals surface area contributed by atoms with Gasteiger partial charge in [0, 0.05) is 6.08 Å². The van der Waals surface area contributed by atoms with Crippen molar-refractivity contribution in [3.8, 4) is 17.2 Å². The average Bonchev–Trinajstić information content (AvgIpc) is 2.62. The largest absolute Gasteiger partial charge is 0.493 e. The Balaban J connectivity index is 2.22. The normalized spacial score (nSPS) is 10.6. The highest BCUT2D eigenvalue weighted by atomic mass is 19.1. The van der Waals surface area contributed by atoms with Gasteiger partial charge in [0.1, 0.15) is 17.3 Å². The molecule has 2 aromatic rings. The lowest BCUT2D eigenvalue weighted by molar-refractivity contribution is -0.111. The first-order chi connectivity index (χ1) is 12.0. The third-order valence-corrected chi connectivity index (χ3v) is 3.33. The van der Waals surface area contributed by atoms with Crippen LogP contribution in [0.25, 0.3) is 6.08 Å². The second kappa shape index (κ2) is 8.14. The number of anilines is 1. The SMILES string of the molecule is COc1cc(/C=C/C(=O)Nc2c(F)cccc2F)cc(OC)c1OC. The number of rotatable bonds is 6. The van der Waals surface area contributed by atoms with Crippen LogP contribution in [0.4, 0.5) is 14.5 Å². The van der Waals surface area contributed by atoms with Crippen molar-refractivity contribution in [2.75, 3.05) is 26.6 Å². The van der Waals surface area contributed by atoms with Gasteiger partial charge in [-0.1, -0.05) is 6.07 Å². The quantitative estimate of drug-likeness (QED) is 0.809. The van der Waals surface area contributed by atoms with Crippen LogP contribution in [0.1, 0.15) is 5.56 Å². The predicted octanol–water partition coefficient (Wildman–Crippen LogP) is 3.64. The fraction of sp³-hybridized carbons (Fsp3) is 0.167. The Labute approximate surface area is 143 Å². The van der Waals surface area contributed by atoms with E-state index in [1.807, 2.05) is 0 Å². The Bertz CT molecular complexity index is 760. The fourth-order valence-electron chi connectivity index (χ4n) is 2.15. The molecule has 0 fully saturated rings. The predicted molar refractivity (Wildman–Crippen MR) is 90.1 cm³/mol. The van der Waals surface area contributed by atoms with Crippen molar-refractivity contribution >= 4 is 17.7 Å². The van der Waals surface area contributed by atoms with Gasteiger partial charge in [-0.05, 0) is 35.9 Å². The minimum atomic E-state index is -0.852. The number of nitrogens with one attached hydrogen (secondary N) is 1. The molecule has 1 amide bonds. The van der Waals surface area contributed by atoms with E-state index in [9.17, 15) is 13.6 Å². The van der Waals surface area contributed by atoms with E-state index in [0.29, 0.717) is 22.8 Å². The number of carbonyl (C=O) groups excluding carboxylic acids is 1. The third kappa shape index (κ3) is 4.26. The molecule has 0 spiro atoms. The van der Waals surface area contributed by atoms with Gasteiger partial charge in [-0.15, -0.1) is 0 Å². The van der Waals surface area contributed by atoms with Crippen molar-refractivity contribution in [1.29, 1.82) is 0 Å². The summed E-state index contributed by atoms with van der Waals surface area (Å²) < 4.78 is 42.7. The summed E-state index contributed by atoms with van der Waals surface area (Å²) in [6, 6.07) is 6.60. The van der Waals surface area contributed by atoms with E-state index in [4.69, 9.17) is 14.2 Å². The van der Waals surface area contributed by atoms with Crippen LogP contribution in [0.5, 0.6) is 17.2 Å². The second-order valence-electron chi connectivity index (χ2n) is 4.88. The van der Waals surface area contributed by atoms with Crippen LogP contribution in [0.3, 0.4) is 0 Å². The number of para-hydroxylation sites is 1. The van der Waals surface area contributed by atoms with E-state index in [-0.39, 0.29) is 0 Å². The molecular formula is C18H17F2NO4. The number of carbonyl (C=O) groups is 1. The maximum Gasteiger partial charge on any atom is 0.248 e. The van der Waals surface area contributed by atoms with Gasteiger partial charge in [-0.2, -0.15) is 0 Å². The maximum atomic E-state index is 13.5. The van der Waals surface area contributed by atoms with E-state index >= 15 is 0 Å². The molecule has 5 nitrogen and oxygen atoms in total. The Hall–Kier alpha value is -3.09. The number of methoxy groups -OCH3 is 3. The van der Waals surface area contributed by atoms with Gasteiger partial charge in [0.25, 0.3) is 0 Å². The molecular weight excluding hydrogens is 332 g/mol. The Morgan fingerprint density at radius 1 is 1.00 bits per heavy atom. The van der Waals surface area contributed by atoms with Gasteiger partial charge in [-0.25, -0.2) is 8.78 Å². The van der Waals surface area contributed by atoms with Gasteiger partial charge in [0.05, 0.1) is 21.3 Å². The molecule has 0 saturated carbocycles. The Morgan fingerprint density at radius 2 is 1.56 bits per heavy atom. The molecule has 1 N–H and O–H groups in total. The van der Waals surface area contributed by atoms with Crippen LogP contribution in [0.2, 0.25) is 0 Å². The standard InChI is InChI=1S/C18H17F2NO4/c1-23-14-9-11(10-15(24-2)18(14)25-3)7-8-16(22)21-17-12(19)5-4-6-13(17)20/h4-10H,1-3H3,(H,21,22)/b8-7+. The summed E-state index contributed by atoms with van der Waals surface area (Å²) >= 11 is 0. The molecule has 0 radical (unpaired) electrons. The molecule has 0 aliphatic carbocycles. The van der Waals surface area contributed by atoms with E-state index in [0.717, 1.165) is 18.2 Å². The minimum Gasteiger partial charge on any atom is -0.493 e. The van der Waals surface area contributed by atoms with Crippen molar-refractivity contribution in [3.63, 3.8) is 0 Å². The average molecular weight is 349 g/mol. The van der Waals surface area contributed by atoms with Crippen molar-refractivity contribution in [2.24, 2.45) is 0 Å². The van der Waals surface area contributed by atoms with Gasteiger partial charge in [0.15, 0.2) is 11.5 Å². The molecule has 0 unspecified atom stereocenters. The number of hydrogen-bond donors (Lipinski definition) is 1. The molecule has 0 atom stereocenters. The second-order valence-corrected chi connectivity index (χ2v) is 4.88. The van der Waals surface area contributed by atoms with Gasteiger partial charge < -0.3 is 19.5 Å². The van der Waals surface area contributed by atoms with Crippen molar-refractivity contribution in [3.05, 3.63) is 53.6 Å². The van der Waals surface area contributed by atoms with E-state index in [1.54, 1.807) is 12.1 Å². The zero-order valence-corrected chi connectivity index (χ0v) is 13.9. The van der Waals surface area contributed by atoms with Crippen LogP contribution < -0.4 is 19.5 Å². The summed E-state index contributed by atoms with van der Waals surface area (Å²) in [6.45, 7) is 0. The first-order valence-electron chi connectivity index (χ1n) is 7.23. The summed E-state index contributed by atoms with van der Waals surface area (Å²) in [6.07, 6.45) is 2.60. The number of benzene rings is 2. The lowest BCUT2D eigenvalue weighted by Crippen LogP contribution is -2.10. The fourth-order valence-corrected chi connectivity index (χ4v) is 2.15. The van der Waals surface area contributed by atoms with Crippen LogP contribution in [-0.4, -0.2) is 27.2 Å². The highest BCUT2D eigenvalue weighted by molar-refractivity contribution is 6.02. The van der Waals surface area contributed by atoms with Gasteiger partial charge in [0.2, 0.25) is 11.7 Å². The first kappa shape index (κ1) is 18.3. The van der Waals surface area contributed by atoms with E-state index in [2.05, 4.69) is 5.32 Å². The summed E-state index contributed by atoms with van der Waals surface area (Å²) in [5, 5.41) is 2.17. The van der Waals surface area contributed by atoms with Crippen LogP contribution in [0, 0.1) is 11.6 Å². The molecule has 0 aliphatic rings. The minimum absolute atomic E-state index is 0.417. The van der Waals surface area contributed by atoms with Crippen molar-refractivity contribution < 1.29 is 27.8 Å². The molecule has 7 heteroatoms. The Kier molecular flexibility index (Phi) is 5.94. The van der Waals surface area contributed by atoms with E-state index in [1.165, 1.54) is 33.5 Å². The molecule has 0 aromatic heterocycles. The molecule has 25 heavy (non-hydrogen) atoms. The van der Waals surface area contributed by atoms with E-state index < -0.39 is 23.2 Å². The van der Waals surface area contributed by atoms with Crippen LogP contribution in [0.15, 0.2) is 36.4 Å². The summed E-state index contributed by atoms with van der Waals surface area (Å²) in [5.74, 6) is -1.13. The number of hydrogen-bond acceptors (Lipinski definition) is 4. The van der Waals surface area contributed by atoms with Crippen molar-refractivity contribution in [1.82, 2.24) is 0 Å². The first-order valence-corrected chi connectivity index (χ1v) is 7.23. The van der Waals surface area contributed by atoms with Crippen molar-refractivity contribution in [2.45, 2.75) is 0 Å². The topological polar surface area (TPSA) is 56.8 Å². The summed E-state index contributed by atoms with van der Waals surface area (Å²) in [5.41, 5.74) is 0.0840. The monoisotopic (exact) mass is 349 g/mol. The molecule has 0 bridgehead atoms. The highest BCUT2D eigenvalue weighted by Crippen LogP contribution is 2.38. The van der Waals surface area contributed by atoms with Crippen LogP contribution in [-0.2, 0) is 4.79 Å². The summed E-state index contributed by atoms with van der Waals surface area (Å²) in [4.78, 5) is 11.9. The lowest BCUT2D eigenvalue weighted by atomic mass is 10.1. The van der Waals surface area contributed by atoms with Crippen LogP contribution >= 0.6 is 0 Å². The van der Waals surface area contributed by atoms with Gasteiger partial charge >= 0.3 is 0 Å². The number of ether oxygens (including phenoxy) is 3. The number of amides is 1. The lowest BCUT2D eigenvalue weighted by Gasteiger charge is -2.12.